The molecule has 39 heavy (non-hydrogen) atoms. The van der Waals surface area contributed by atoms with Gasteiger partial charge in [-0.3, -0.25) is 4.79 Å². The molecule has 1 aromatic rings. The van der Waals surface area contributed by atoms with Gasteiger partial charge < -0.3 is 10.4 Å². The average molecular weight is 561 g/mol. The van der Waals surface area contributed by atoms with E-state index < -0.39 is 16.1 Å². The molecular weight excluding hydrogens is 512 g/mol. The third-order valence-electron chi connectivity index (χ3n) is 10.7. The lowest BCUT2D eigenvalue weighted by Gasteiger charge is -2.60. The molecule has 7 atom stereocenters. The van der Waals surface area contributed by atoms with E-state index in [0.29, 0.717) is 23.7 Å². The molecule has 5 rings (SSSR count). The maximum Gasteiger partial charge on any atom is 0.328 e. The molecule has 218 valence electrons. The summed E-state index contributed by atoms with van der Waals surface area (Å²) in [5, 5.41) is 12.5. The molecule has 0 heterocycles. The monoisotopic (exact) mass is 560 g/mol. The van der Waals surface area contributed by atoms with E-state index in [2.05, 4.69) is 19.2 Å². The number of sulfonamides is 1. The van der Waals surface area contributed by atoms with E-state index in [1.165, 1.54) is 37.8 Å². The maximum atomic E-state index is 12.4. The van der Waals surface area contributed by atoms with Gasteiger partial charge >= 0.3 is 6.03 Å². The standard InChI is InChI=1S/C19H30O2.C12H18N2O3S/c1-18-9-7-13(20)11-12(18)3-4-14-15-5-6-17(21)19(15,2)10-8-16(14)18;1-3-4-9-13-12(15)14-18(16,17)11-7-5-10(2)6-8-11/h12-16,20H,3-11H2,1-2H3;5-8H,3-4,9H2,1-2H3,(H2,13,14,15)/t12-,13+,14-,15-,16-,18-,19-;/m0./s1. The van der Waals surface area contributed by atoms with Crippen molar-refractivity contribution in [2.24, 2.45) is 34.5 Å². The van der Waals surface area contributed by atoms with Crippen LogP contribution in [0.1, 0.15) is 97.0 Å². The predicted molar refractivity (Wildman–Crippen MR) is 153 cm³/mol. The first-order chi connectivity index (χ1) is 18.4. The molecular formula is C31H48N2O5S. The number of hydrogen-bond acceptors (Lipinski definition) is 5. The Morgan fingerprint density at radius 1 is 1.03 bits per heavy atom. The van der Waals surface area contributed by atoms with Crippen LogP contribution in [0.15, 0.2) is 29.2 Å². The van der Waals surface area contributed by atoms with E-state index in [4.69, 9.17) is 0 Å². The molecule has 0 radical (unpaired) electrons. The summed E-state index contributed by atoms with van der Waals surface area (Å²) in [4.78, 5) is 23.8. The first-order valence-electron chi connectivity index (χ1n) is 15.0. The number of aryl methyl sites for hydroxylation is 1. The fourth-order valence-corrected chi connectivity index (χ4v) is 9.25. The second kappa shape index (κ2) is 11.9. The van der Waals surface area contributed by atoms with Gasteiger partial charge in [0.25, 0.3) is 10.0 Å². The summed E-state index contributed by atoms with van der Waals surface area (Å²) in [6.45, 7) is 9.09. The van der Waals surface area contributed by atoms with Gasteiger partial charge in [-0.25, -0.2) is 17.9 Å². The number of rotatable bonds is 5. The first kappa shape index (κ1) is 30.0. The van der Waals surface area contributed by atoms with Gasteiger partial charge in [-0.05, 0) is 106 Å². The van der Waals surface area contributed by atoms with Gasteiger partial charge in [0, 0.05) is 18.4 Å². The fourth-order valence-electron chi connectivity index (χ4n) is 8.32. The van der Waals surface area contributed by atoms with Crippen molar-refractivity contribution >= 4 is 21.8 Å². The number of unbranched alkanes of at least 4 members (excludes halogenated alkanes) is 1. The Hall–Kier alpha value is -1.93. The molecule has 7 nitrogen and oxygen atoms in total. The third-order valence-corrected chi connectivity index (χ3v) is 12.1. The van der Waals surface area contributed by atoms with E-state index in [0.717, 1.165) is 68.3 Å². The Bertz CT molecular complexity index is 1140. The molecule has 0 aliphatic heterocycles. The van der Waals surface area contributed by atoms with Crippen molar-refractivity contribution in [3.05, 3.63) is 29.8 Å². The zero-order chi connectivity index (χ0) is 28.4. The van der Waals surface area contributed by atoms with Crippen LogP contribution in [0.3, 0.4) is 0 Å². The van der Waals surface area contributed by atoms with Gasteiger partial charge in [0.1, 0.15) is 5.78 Å². The van der Waals surface area contributed by atoms with Crippen LogP contribution in [-0.2, 0) is 14.8 Å². The van der Waals surface area contributed by atoms with Crippen LogP contribution >= 0.6 is 0 Å². The van der Waals surface area contributed by atoms with Gasteiger partial charge in [0.15, 0.2) is 0 Å². The number of aliphatic hydroxyl groups is 1. The average Bonchev–Trinajstić information content (AvgIpc) is 3.19. The normalized spacial score (nSPS) is 35.5. The largest absolute Gasteiger partial charge is 0.393 e. The number of amides is 2. The number of nitrogens with one attached hydrogen (secondary N) is 2. The number of hydrogen-bond donors (Lipinski definition) is 3. The Morgan fingerprint density at radius 2 is 1.74 bits per heavy atom. The molecule has 4 aliphatic carbocycles. The Labute approximate surface area is 235 Å². The minimum absolute atomic E-state index is 0.0124. The number of aliphatic hydroxyl groups excluding tert-OH is 1. The summed E-state index contributed by atoms with van der Waals surface area (Å²) in [5.74, 6) is 3.54. The summed E-state index contributed by atoms with van der Waals surface area (Å²) >= 11 is 0. The highest BCUT2D eigenvalue weighted by Crippen LogP contribution is 2.65. The van der Waals surface area contributed by atoms with Crippen molar-refractivity contribution in [1.29, 1.82) is 0 Å². The quantitative estimate of drug-likeness (QED) is 0.398. The lowest BCUT2D eigenvalue weighted by Crippen LogP contribution is -2.54. The van der Waals surface area contributed by atoms with Gasteiger partial charge in [-0.1, -0.05) is 44.9 Å². The second-order valence-corrected chi connectivity index (χ2v) is 14.7. The SMILES string of the molecule is CCCCNC(=O)NS(=O)(=O)c1ccc(C)cc1.C[C@]12CC[C@@H](O)C[C@@H]1CC[C@@H]1[C@@H]2CC[C@]2(C)C(=O)CC[C@@H]12. The topological polar surface area (TPSA) is 113 Å². The lowest BCUT2D eigenvalue weighted by molar-refractivity contribution is -0.142. The van der Waals surface area contributed by atoms with Crippen LogP contribution in [0.25, 0.3) is 0 Å². The smallest absolute Gasteiger partial charge is 0.328 e. The van der Waals surface area contributed by atoms with Crippen molar-refractivity contribution in [3.63, 3.8) is 0 Å². The minimum atomic E-state index is -3.78. The highest BCUT2D eigenvalue weighted by atomic mass is 32.2. The van der Waals surface area contributed by atoms with Crippen LogP contribution in [0.4, 0.5) is 4.79 Å². The van der Waals surface area contributed by atoms with Crippen molar-refractivity contribution in [3.8, 4) is 0 Å². The molecule has 0 unspecified atom stereocenters. The number of fused-ring (bicyclic) bond motifs is 5. The Morgan fingerprint density at radius 3 is 2.44 bits per heavy atom. The molecule has 0 bridgehead atoms. The number of carbonyl (C=O) groups is 2. The van der Waals surface area contributed by atoms with E-state index in [1.54, 1.807) is 12.1 Å². The number of benzene rings is 1. The van der Waals surface area contributed by atoms with Crippen LogP contribution in [-0.4, -0.2) is 38.0 Å². The van der Waals surface area contributed by atoms with Crippen LogP contribution in [0.2, 0.25) is 0 Å². The van der Waals surface area contributed by atoms with Crippen LogP contribution in [0.5, 0.6) is 0 Å². The number of ketones is 1. The summed E-state index contributed by atoms with van der Waals surface area (Å²) in [5.41, 5.74) is 1.41. The van der Waals surface area contributed by atoms with Crippen LogP contribution in [0, 0.1) is 41.4 Å². The number of carbonyl (C=O) groups excluding carboxylic acids is 2. The van der Waals surface area contributed by atoms with E-state index >= 15 is 0 Å². The lowest BCUT2D eigenvalue weighted by atomic mass is 9.45. The number of Topliss-reactive ketones (excluding diaryl/α,β-unsaturated/α-hetero) is 1. The molecule has 4 fully saturated rings. The number of urea groups is 1. The second-order valence-electron chi connectivity index (χ2n) is 13.0. The molecule has 3 N–H and O–H groups in total. The summed E-state index contributed by atoms with van der Waals surface area (Å²) in [6, 6.07) is 5.62. The molecule has 4 aliphatic rings. The highest BCUT2D eigenvalue weighted by molar-refractivity contribution is 7.90. The molecule has 0 saturated heterocycles. The molecule has 0 spiro atoms. The summed E-state index contributed by atoms with van der Waals surface area (Å²) in [6.07, 6.45) is 11.9. The van der Waals surface area contributed by atoms with Gasteiger partial charge in [0.05, 0.1) is 11.0 Å². The van der Waals surface area contributed by atoms with Crippen molar-refractivity contribution < 1.29 is 23.1 Å². The molecule has 2 amide bonds. The molecule has 8 heteroatoms. The Kier molecular flexibility index (Phi) is 9.16. The minimum Gasteiger partial charge on any atom is -0.393 e. The van der Waals surface area contributed by atoms with E-state index in [9.17, 15) is 23.1 Å². The first-order valence-corrected chi connectivity index (χ1v) is 16.5. The third kappa shape index (κ3) is 6.22. The zero-order valence-electron chi connectivity index (χ0n) is 24.2. The fraction of sp³-hybridized carbons (Fsp3) is 0.742. The molecule has 4 saturated carbocycles. The van der Waals surface area contributed by atoms with Crippen LogP contribution < -0.4 is 10.0 Å². The predicted octanol–water partition coefficient (Wildman–Crippen LogP) is 5.74. The maximum absolute atomic E-state index is 12.4. The van der Waals surface area contributed by atoms with E-state index in [1.807, 2.05) is 18.6 Å². The van der Waals surface area contributed by atoms with Crippen molar-refractivity contribution in [2.45, 2.75) is 109 Å². The van der Waals surface area contributed by atoms with Crippen molar-refractivity contribution in [1.82, 2.24) is 10.0 Å². The van der Waals surface area contributed by atoms with Gasteiger partial charge in [-0.15, -0.1) is 0 Å². The van der Waals surface area contributed by atoms with Crippen molar-refractivity contribution in [2.75, 3.05) is 6.54 Å². The summed E-state index contributed by atoms with van der Waals surface area (Å²) < 4.78 is 25.6. The molecule has 1 aromatic carbocycles. The molecule has 0 aromatic heterocycles. The van der Waals surface area contributed by atoms with Gasteiger partial charge in [-0.2, -0.15) is 0 Å². The highest BCUT2D eigenvalue weighted by Gasteiger charge is 2.60. The van der Waals surface area contributed by atoms with E-state index in [-0.39, 0.29) is 16.4 Å². The zero-order valence-corrected chi connectivity index (χ0v) is 25.0. The Balaban J connectivity index is 0.000000184. The summed E-state index contributed by atoms with van der Waals surface area (Å²) in [7, 11) is -3.78. The van der Waals surface area contributed by atoms with Gasteiger partial charge in [0.2, 0.25) is 0 Å².